The summed E-state index contributed by atoms with van der Waals surface area (Å²) in [5.41, 5.74) is 0. The van der Waals surface area contributed by atoms with Crippen molar-refractivity contribution in [2.75, 3.05) is 0 Å². The summed E-state index contributed by atoms with van der Waals surface area (Å²) in [5.74, 6) is 0. The first-order valence-corrected chi connectivity index (χ1v) is 12.8. The summed E-state index contributed by atoms with van der Waals surface area (Å²) < 4.78 is 0. The molecule has 2 atom stereocenters. The molecule has 2 unspecified atom stereocenters. The van der Waals surface area contributed by atoms with Crippen LogP contribution < -0.4 is 0 Å². The zero-order valence-corrected chi connectivity index (χ0v) is 19.8. The van der Waals surface area contributed by atoms with Gasteiger partial charge in [-0.25, -0.2) is 0 Å². The lowest BCUT2D eigenvalue weighted by Crippen LogP contribution is -1.98. The summed E-state index contributed by atoms with van der Waals surface area (Å²) >= 11 is 7.69. The average Bonchev–Trinajstić information content (AvgIpc) is 2.57. The van der Waals surface area contributed by atoms with Crippen molar-refractivity contribution in [1.29, 1.82) is 0 Å². The molecule has 0 aliphatic carbocycles. The number of halogens is 2. The molecule has 0 radical (unpaired) electrons. The van der Waals surface area contributed by atoms with Gasteiger partial charge in [-0.1, -0.05) is 136 Å². The fourth-order valence-corrected chi connectivity index (χ4v) is 4.61. The van der Waals surface area contributed by atoms with Gasteiger partial charge < -0.3 is 0 Å². The predicted octanol–water partition coefficient (Wildman–Crippen LogP) is 9.57. The van der Waals surface area contributed by atoms with E-state index in [1.165, 1.54) is 116 Å². The van der Waals surface area contributed by atoms with Crippen molar-refractivity contribution < 1.29 is 0 Å². The zero-order chi connectivity index (χ0) is 17.9. The molecule has 0 fully saturated rings. The molecule has 0 aliphatic heterocycles. The molecule has 0 N–H and O–H groups in total. The van der Waals surface area contributed by atoms with Crippen molar-refractivity contribution in [3.8, 4) is 0 Å². The van der Waals surface area contributed by atoms with Crippen LogP contribution >= 0.6 is 31.9 Å². The zero-order valence-electron chi connectivity index (χ0n) is 16.6. The first-order chi connectivity index (χ1) is 11.7. The van der Waals surface area contributed by atoms with E-state index in [9.17, 15) is 0 Å². The Bertz CT molecular complexity index is 206. The molecular weight excluding hydrogens is 424 g/mol. The summed E-state index contributed by atoms with van der Waals surface area (Å²) in [5, 5.41) is 0. The lowest BCUT2D eigenvalue weighted by Gasteiger charge is -2.09. The monoisotopic (exact) mass is 466 g/mol. The molecule has 0 spiro atoms. The summed E-state index contributed by atoms with van der Waals surface area (Å²) in [6, 6.07) is 0. The van der Waals surface area contributed by atoms with Gasteiger partial charge in [-0.15, -0.1) is 0 Å². The molecular formula is C22H44Br2. The van der Waals surface area contributed by atoms with Crippen LogP contribution in [0.15, 0.2) is 0 Å². The van der Waals surface area contributed by atoms with Gasteiger partial charge in [0.15, 0.2) is 0 Å². The quantitative estimate of drug-likeness (QED) is 0.131. The molecule has 2 heteroatoms. The fourth-order valence-electron chi connectivity index (χ4n) is 3.31. The van der Waals surface area contributed by atoms with Crippen LogP contribution in [0.3, 0.4) is 0 Å². The largest absolute Gasteiger partial charge is 0.0891 e. The van der Waals surface area contributed by atoms with Gasteiger partial charge >= 0.3 is 0 Å². The van der Waals surface area contributed by atoms with Crippen LogP contribution in [0.4, 0.5) is 0 Å². The number of hydrogen-bond donors (Lipinski definition) is 0. The van der Waals surface area contributed by atoms with Gasteiger partial charge in [0.25, 0.3) is 0 Å². The Kier molecular flexibility index (Phi) is 21.1. The molecule has 0 bridgehead atoms. The summed E-state index contributed by atoms with van der Waals surface area (Å²) in [6.07, 6.45) is 25.3. The Morgan fingerprint density at radius 3 is 0.958 bits per heavy atom. The highest BCUT2D eigenvalue weighted by molar-refractivity contribution is 9.09. The molecule has 0 nitrogen and oxygen atoms in total. The minimum absolute atomic E-state index is 0.776. The minimum atomic E-state index is 0.776. The second-order valence-electron chi connectivity index (χ2n) is 7.59. The van der Waals surface area contributed by atoms with E-state index in [1.807, 2.05) is 0 Å². The van der Waals surface area contributed by atoms with Crippen molar-refractivity contribution in [3.63, 3.8) is 0 Å². The molecule has 0 amide bonds. The molecule has 0 saturated heterocycles. The number of unbranched alkanes of at least 4 members (excludes halogenated alkanes) is 11. The first-order valence-electron chi connectivity index (χ1n) is 11.0. The summed E-state index contributed by atoms with van der Waals surface area (Å²) in [6.45, 7) is 4.57. The standard InChI is InChI=1S/C22H44Br2/c1-3-5-13-17-21(23)19-15-11-9-7-8-10-12-16-20-22(24)18-14-6-4-2/h21-22H,3-20H2,1-2H3. The lowest BCUT2D eigenvalue weighted by molar-refractivity contribution is 0.532. The summed E-state index contributed by atoms with van der Waals surface area (Å²) in [7, 11) is 0. The highest BCUT2D eigenvalue weighted by Crippen LogP contribution is 2.20. The summed E-state index contributed by atoms with van der Waals surface area (Å²) in [4.78, 5) is 1.55. The van der Waals surface area contributed by atoms with Gasteiger partial charge in [-0.05, 0) is 25.7 Å². The van der Waals surface area contributed by atoms with Crippen LogP contribution in [0.1, 0.15) is 129 Å². The van der Waals surface area contributed by atoms with E-state index in [4.69, 9.17) is 0 Å². The molecule has 0 aromatic carbocycles. The van der Waals surface area contributed by atoms with Gasteiger partial charge in [-0.2, -0.15) is 0 Å². The van der Waals surface area contributed by atoms with Crippen LogP contribution in [-0.4, -0.2) is 9.65 Å². The van der Waals surface area contributed by atoms with Crippen LogP contribution in [0.25, 0.3) is 0 Å². The van der Waals surface area contributed by atoms with Crippen LogP contribution in [0, 0.1) is 0 Å². The maximum atomic E-state index is 3.85. The van der Waals surface area contributed by atoms with Crippen molar-refractivity contribution in [2.24, 2.45) is 0 Å². The minimum Gasteiger partial charge on any atom is -0.0891 e. The van der Waals surface area contributed by atoms with Gasteiger partial charge in [0.1, 0.15) is 0 Å². The molecule has 24 heavy (non-hydrogen) atoms. The van der Waals surface area contributed by atoms with Crippen molar-refractivity contribution in [2.45, 2.75) is 139 Å². The third-order valence-electron chi connectivity index (χ3n) is 5.03. The van der Waals surface area contributed by atoms with E-state index in [0.717, 1.165) is 9.65 Å². The Labute approximate surface area is 170 Å². The predicted molar refractivity (Wildman–Crippen MR) is 120 cm³/mol. The van der Waals surface area contributed by atoms with E-state index in [1.54, 1.807) is 0 Å². The van der Waals surface area contributed by atoms with Gasteiger partial charge in [-0.3, -0.25) is 0 Å². The third-order valence-corrected chi connectivity index (χ3v) is 6.86. The number of alkyl halides is 2. The Morgan fingerprint density at radius 2 is 0.667 bits per heavy atom. The van der Waals surface area contributed by atoms with Gasteiger partial charge in [0.2, 0.25) is 0 Å². The normalized spacial score (nSPS) is 14.0. The van der Waals surface area contributed by atoms with Crippen molar-refractivity contribution in [3.05, 3.63) is 0 Å². The molecule has 0 aromatic heterocycles. The topological polar surface area (TPSA) is 0 Å². The Morgan fingerprint density at radius 1 is 0.417 bits per heavy atom. The number of hydrogen-bond acceptors (Lipinski definition) is 0. The molecule has 0 aliphatic rings. The average molecular weight is 468 g/mol. The number of rotatable bonds is 19. The smallest absolute Gasteiger partial charge is 0.0145 e. The lowest BCUT2D eigenvalue weighted by atomic mass is 10.0. The van der Waals surface area contributed by atoms with Crippen LogP contribution in [0.5, 0.6) is 0 Å². The second-order valence-corrected chi connectivity index (χ2v) is 10.2. The van der Waals surface area contributed by atoms with Crippen LogP contribution in [0.2, 0.25) is 0 Å². The van der Waals surface area contributed by atoms with Gasteiger partial charge in [0.05, 0.1) is 0 Å². The maximum Gasteiger partial charge on any atom is 0.0145 e. The molecule has 0 rings (SSSR count). The highest BCUT2D eigenvalue weighted by atomic mass is 79.9. The first kappa shape index (κ1) is 25.0. The van der Waals surface area contributed by atoms with E-state index in [0.29, 0.717) is 0 Å². The molecule has 0 aromatic rings. The van der Waals surface area contributed by atoms with Crippen LogP contribution in [-0.2, 0) is 0 Å². The molecule has 146 valence electrons. The fraction of sp³-hybridized carbons (Fsp3) is 1.00. The van der Waals surface area contributed by atoms with E-state index in [-0.39, 0.29) is 0 Å². The molecule has 0 heterocycles. The Hall–Kier alpha value is 0.960. The van der Waals surface area contributed by atoms with E-state index >= 15 is 0 Å². The Balaban J connectivity index is 3.17. The van der Waals surface area contributed by atoms with Crippen molar-refractivity contribution in [1.82, 2.24) is 0 Å². The SMILES string of the molecule is CCCCCC(Br)CCCCCCCCCCC(Br)CCCCC. The maximum absolute atomic E-state index is 3.85. The van der Waals surface area contributed by atoms with E-state index in [2.05, 4.69) is 45.7 Å². The highest BCUT2D eigenvalue weighted by Gasteiger charge is 2.04. The molecule has 0 saturated carbocycles. The van der Waals surface area contributed by atoms with Crippen molar-refractivity contribution >= 4 is 31.9 Å². The third kappa shape index (κ3) is 19.3. The van der Waals surface area contributed by atoms with Gasteiger partial charge in [0, 0.05) is 9.65 Å². The van der Waals surface area contributed by atoms with E-state index < -0.39 is 0 Å². The second kappa shape index (κ2) is 20.3.